The number of nitrogens with one attached hydrogen (secondary N) is 1. The molecule has 1 aliphatic heterocycles. The highest BCUT2D eigenvalue weighted by atomic mass is 15.2. The van der Waals surface area contributed by atoms with Gasteiger partial charge in [0.1, 0.15) is 0 Å². The van der Waals surface area contributed by atoms with Gasteiger partial charge in [0.2, 0.25) is 0 Å². The van der Waals surface area contributed by atoms with Gasteiger partial charge >= 0.3 is 0 Å². The van der Waals surface area contributed by atoms with Gasteiger partial charge < -0.3 is 15.1 Å². The molecule has 9 aromatic carbocycles. The van der Waals surface area contributed by atoms with Crippen LogP contribution in [0.1, 0.15) is 126 Å². The number of para-hydroxylation sites is 4. The highest BCUT2D eigenvalue weighted by Crippen LogP contribution is 2.57. The van der Waals surface area contributed by atoms with Crippen LogP contribution in [-0.4, -0.2) is 7.28 Å². The summed E-state index contributed by atoms with van der Waals surface area (Å²) in [6.45, 7) is 19.5. The van der Waals surface area contributed by atoms with Crippen LogP contribution in [0.15, 0.2) is 200 Å². The van der Waals surface area contributed by atoms with Gasteiger partial charge in [0.25, 0.3) is 0 Å². The molecule has 1 unspecified atom stereocenters. The van der Waals surface area contributed by atoms with Gasteiger partial charge in [-0.2, -0.15) is 0 Å². The first kappa shape index (κ1) is 47.2. The lowest BCUT2D eigenvalue weighted by Gasteiger charge is -2.43. The van der Waals surface area contributed by atoms with Crippen molar-refractivity contribution < 1.29 is 0 Å². The minimum Gasteiger partial charge on any atom is -0.355 e. The number of fused-ring (bicyclic) bond motifs is 7. The summed E-state index contributed by atoms with van der Waals surface area (Å²) in [5.74, 6) is 0.0537. The van der Waals surface area contributed by atoms with Crippen molar-refractivity contribution >= 4 is 63.7 Å². The van der Waals surface area contributed by atoms with Crippen LogP contribution < -0.4 is 26.0 Å². The molecule has 1 N–H and O–H groups in total. The van der Waals surface area contributed by atoms with Crippen LogP contribution in [0.3, 0.4) is 0 Å². The molecule has 0 fully saturated rings. The second-order valence-corrected chi connectivity index (χ2v) is 24.5. The highest BCUT2D eigenvalue weighted by molar-refractivity contribution is 6.71. The maximum Gasteiger partial charge on any atom is 0.193 e. The molecule has 369 valence electrons. The monoisotopic (exact) mass is 973 g/mol. The van der Waals surface area contributed by atoms with Crippen LogP contribution >= 0.6 is 0 Å². The lowest BCUT2D eigenvalue weighted by atomic mass is 9.50. The van der Waals surface area contributed by atoms with Crippen molar-refractivity contribution in [2.45, 2.75) is 109 Å². The number of hydrogen-bond donors (Lipinski definition) is 1. The first-order valence-electron chi connectivity index (χ1n) is 27.4. The van der Waals surface area contributed by atoms with E-state index >= 15 is 0 Å². The zero-order chi connectivity index (χ0) is 51.4. The molecule has 9 aromatic rings. The topological polar surface area (TPSA) is 18.5 Å². The fourth-order valence-corrected chi connectivity index (χ4v) is 13.5. The molecule has 75 heavy (non-hydrogen) atoms. The molecule has 0 spiro atoms. The molecule has 0 aromatic heterocycles. The van der Waals surface area contributed by atoms with E-state index in [1.807, 2.05) is 0 Å². The van der Waals surface area contributed by atoms with Gasteiger partial charge in [0, 0.05) is 56.9 Å². The fraction of sp³-hybridized carbons (Fsp3) is 0.239. The third-order valence-electron chi connectivity index (χ3n) is 17.9. The average molecular weight is 973 g/mol. The minimum atomic E-state index is 0.0529. The van der Waals surface area contributed by atoms with E-state index in [2.05, 4.69) is 278 Å². The summed E-state index contributed by atoms with van der Waals surface area (Å²) in [4.78, 5) is 4.90. The number of benzene rings is 9. The van der Waals surface area contributed by atoms with Gasteiger partial charge in [0.15, 0.2) is 7.28 Å². The predicted octanol–water partition coefficient (Wildman–Crippen LogP) is 17.9. The van der Waals surface area contributed by atoms with Gasteiger partial charge in [-0.25, -0.2) is 0 Å². The zero-order valence-corrected chi connectivity index (χ0v) is 44.9. The summed E-state index contributed by atoms with van der Waals surface area (Å²) in [6.07, 6.45) is 4.67. The molecule has 0 bridgehead atoms. The molecule has 13 rings (SSSR count). The molecule has 0 saturated carbocycles. The van der Waals surface area contributed by atoms with Crippen LogP contribution in [0, 0.1) is 0 Å². The summed E-state index contributed by atoms with van der Waals surface area (Å²) in [6, 6.07) is 75.0. The van der Waals surface area contributed by atoms with Crippen molar-refractivity contribution in [2.75, 3.05) is 15.1 Å². The Morgan fingerprint density at radius 3 is 1.47 bits per heavy atom. The molecule has 0 amide bonds. The SMILES string of the molecule is CC1(C)CCC(C)(C)c2cc(Nc3cc(N(c4ccccc4)c4ccccc4)ccc3-c3cc(N(c4ccccc4)c4ccccc4)c4c5c3[B]c3cc6c(cc3C5c3ccccc3-4)C(C)(C)CCC6(C)C)ccc21. The molecular formula is C71H67BN3. The van der Waals surface area contributed by atoms with E-state index in [1.165, 1.54) is 91.5 Å². The van der Waals surface area contributed by atoms with E-state index < -0.39 is 0 Å². The standard InChI is InChI=1S/C71H67BN3/c1-68(2)37-38-69(3,4)58-41-46(33-36-57(58)68)73-62-42-51(74(47-23-13-9-14-24-47)48-25-15-10-16-26-48)34-35-52(62)55-44-63(75(49-27-17-11-18-28-49)50-29-19-12-20-30-50)65-54-32-22-21-31-53(54)64-56-43-59-60(45-61(56)72-67(55)66(64)65)71(7,8)40-39-70(59,5)6/h9-36,41-45,64,73H,37-40H2,1-8H3. The largest absolute Gasteiger partial charge is 0.355 e. The van der Waals surface area contributed by atoms with Gasteiger partial charge in [-0.3, -0.25) is 0 Å². The molecule has 1 radical (unpaired) electrons. The van der Waals surface area contributed by atoms with E-state index in [4.69, 9.17) is 0 Å². The Morgan fingerprint density at radius 2 is 0.893 bits per heavy atom. The van der Waals surface area contributed by atoms with Gasteiger partial charge in [-0.1, -0.05) is 188 Å². The van der Waals surface area contributed by atoms with Crippen molar-refractivity contribution in [1.29, 1.82) is 0 Å². The smallest absolute Gasteiger partial charge is 0.193 e. The fourth-order valence-electron chi connectivity index (χ4n) is 13.5. The van der Waals surface area contributed by atoms with Crippen LogP contribution in [0.25, 0.3) is 22.3 Å². The summed E-state index contributed by atoms with van der Waals surface area (Å²) in [7, 11) is 2.57. The van der Waals surface area contributed by atoms with Crippen molar-refractivity contribution in [2.24, 2.45) is 0 Å². The van der Waals surface area contributed by atoms with Crippen molar-refractivity contribution in [3.8, 4) is 22.3 Å². The molecule has 3 nitrogen and oxygen atoms in total. The third-order valence-corrected chi connectivity index (χ3v) is 17.9. The van der Waals surface area contributed by atoms with E-state index in [-0.39, 0.29) is 27.6 Å². The van der Waals surface area contributed by atoms with Gasteiger partial charge in [0.05, 0.1) is 5.69 Å². The quantitative estimate of drug-likeness (QED) is 0.145. The second-order valence-electron chi connectivity index (χ2n) is 24.5. The first-order valence-corrected chi connectivity index (χ1v) is 27.4. The van der Waals surface area contributed by atoms with Crippen LogP contribution in [0.2, 0.25) is 0 Å². The molecule has 3 aliphatic carbocycles. The number of rotatable bonds is 9. The van der Waals surface area contributed by atoms with Crippen LogP contribution in [-0.2, 0) is 21.7 Å². The van der Waals surface area contributed by atoms with Crippen LogP contribution in [0.4, 0.5) is 45.5 Å². The van der Waals surface area contributed by atoms with Gasteiger partial charge in [-0.05, 0) is 176 Å². The Labute approximate surface area is 446 Å². The number of nitrogens with zero attached hydrogens (tertiary/aromatic N) is 2. The second kappa shape index (κ2) is 17.5. The molecule has 4 aliphatic rings. The molecular weight excluding hydrogens is 906 g/mol. The highest BCUT2D eigenvalue weighted by Gasteiger charge is 2.44. The van der Waals surface area contributed by atoms with E-state index in [9.17, 15) is 0 Å². The van der Waals surface area contributed by atoms with Crippen molar-refractivity contribution in [1.82, 2.24) is 0 Å². The minimum absolute atomic E-state index is 0.0529. The third kappa shape index (κ3) is 7.85. The Bertz CT molecular complexity index is 3590. The lowest BCUT2D eigenvalue weighted by molar-refractivity contribution is 0.332. The van der Waals surface area contributed by atoms with Crippen molar-refractivity contribution in [3.63, 3.8) is 0 Å². The van der Waals surface area contributed by atoms with Gasteiger partial charge in [-0.15, -0.1) is 0 Å². The maximum absolute atomic E-state index is 4.19. The summed E-state index contributed by atoms with van der Waals surface area (Å²) < 4.78 is 0. The normalized spacial score (nSPS) is 17.5. The molecule has 4 heteroatoms. The Hall–Kier alpha value is -7.56. The Balaban J connectivity index is 1.11. The van der Waals surface area contributed by atoms with Crippen molar-refractivity contribution in [3.05, 3.63) is 239 Å². The summed E-state index contributed by atoms with van der Waals surface area (Å²) in [5, 5.41) is 4.19. The lowest BCUT2D eigenvalue weighted by Crippen LogP contribution is -2.43. The summed E-state index contributed by atoms with van der Waals surface area (Å²) >= 11 is 0. The first-order chi connectivity index (χ1) is 36.2. The molecule has 1 atom stereocenters. The van der Waals surface area contributed by atoms with Crippen LogP contribution in [0.5, 0.6) is 0 Å². The number of hydrogen-bond acceptors (Lipinski definition) is 3. The average Bonchev–Trinajstić information content (AvgIpc) is 3.82. The zero-order valence-electron chi connectivity index (χ0n) is 44.9. The van der Waals surface area contributed by atoms with E-state index in [0.717, 1.165) is 51.8 Å². The predicted molar refractivity (Wildman–Crippen MR) is 319 cm³/mol. The maximum atomic E-state index is 4.19. The number of anilines is 8. The molecule has 1 heterocycles. The van der Waals surface area contributed by atoms with E-state index in [0.29, 0.717) is 0 Å². The summed E-state index contributed by atoms with van der Waals surface area (Å²) in [5.41, 5.74) is 26.9. The molecule has 0 saturated heterocycles. The Morgan fingerprint density at radius 1 is 0.400 bits per heavy atom. The Kier molecular flexibility index (Phi) is 11.0. The van der Waals surface area contributed by atoms with E-state index in [1.54, 1.807) is 0 Å².